The number of furan rings is 1. The molecule has 0 amide bonds. The molecule has 2 nitrogen and oxygen atoms in total. The summed E-state index contributed by atoms with van der Waals surface area (Å²) < 4.78 is 6.59. The van der Waals surface area contributed by atoms with E-state index in [0.29, 0.717) is 0 Å². The van der Waals surface area contributed by atoms with E-state index in [-0.39, 0.29) is 0 Å². The lowest BCUT2D eigenvalue weighted by molar-refractivity contribution is 0.670. The van der Waals surface area contributed by atoms with E-state index in [4.69, 9.17) is 4.42 Å². The summed E-state index contributed by atoms with van der Waals surface area (Å²) >= 11 is 0. The molecule has 1 heterocycles. The zero-order valence-electron chi connectivity index (χ0n) is 41.0. The van der Waals surface area contributed by atoms with Gasteiger partial charge in [-0.3, -0.25) is 0 Å². The largest absolute Gasteiger partial charge is 0.455 e. The zero-order chi connectivity index (χ0) is 49.5. The lowest BCUT2D eigenvalue weighted by atomic mass is 9.70. The minimum atomic E-state index is -0.466. The summed E-state index contributed by atoms with van der Waals surface area (Å²) in [6.45, 7) is 0. The highest BCUT2D eigenvalue weighted by atomic mass is 16.3. The van der Waals surface area contributed by atoms with Gasteiger partial charge >= 0.3 is 0 Å². The van der Waals surface area contributed by atoms with Gasteiger partial charge in [0, 0.05) is 33.4 Å². The van der Waals surface area contributed by atoms with Crippen molar-refractivity contribution >= 4 is 39.0 Å². The summed E-state index contributed by atoms with van der Waals surface area (Å²) in [4.78, 5) is 2.44. The van der Waals surface area contributed by atoms with Crippen LogP contribution in [-0.2, 0) is 5.41 Å². The van der Waals surface area contributed by atoms with Crippen LogP contribution in [0.4, 0.5) is 17.1 Å². The van der Waals surface area contributed by atoms with Crippen molar-refractivity contribution in [1.29, 1.82) is 0 Å². The number of fused-ring (bicyclic) bond motifs is 13. The van der Waals surface area contributed by atoms with Crippen LogP contribution >= 0.6 is 0 Å². The molecule has 1 aromatic heterocycles. The third-order valence-corrected chi connectivity index (χ3v) is 15.9. The molecule has 0 saturated carbocycles. The average Bonchev–Trinajstić information content (AvgIpc) is 4.22. The fourth-order valence-electron chi connectivity index (χ4n) is 12.6. The Morgan fingerprint density at radius 2 is 0.653 bits per heavy atom. The molecule has 0 unspecified atom stereocenters. The van der Waals surface area contributed by atoms with E-state index >= 15 is 0 Å². The molecule has 15 rings (SSSR count). The normalized spacial score (nSPS) is 12.6. The molecule has 2 aliphatic carbocycles. The molecule has 12 aromatic carbocycles. The fraction of sp³-hybridized carbons (Fsp3) is 0.0137. The molecular formula is C73H47NO. The second kappa shape index (κ2) is 17.2. The van der Waals surface area contributed by atoms with Crippen LogP contribution in [0.15, 0.2) is 290 Å². The van der Waals surface area contributed by atoms with E-state index in [1.165, 1.54) is 72.3 Å². The van der Waals surface area contributed by atoms with E-state index < -0.39 is 5.41 Å². The Hall–Kier alpha value is -9.76. The summed E-state index contributed by atoms with van der Waals surface area (Å²) in [6.07, 6.45) is 0. The zero-order valence-corrected chi connectivity index (χ0v) is 41.0. The second-order valence-electron chi connectivity index (χ2n) is 19.9. The summed E-state index contributed by atoms with van der Waals surface area (Å²) in [5.41, 5.74) is 26.8. The Kier molecular flexibility index (Phi) is 9.83. The molecule has 0 radical (unpaired) electrons. The Morgan fingerprint density at radius 1 is 0.240 bits per heavy atom. The van der Waals surface area contributed by atoms with Crippen molar-refractivity contribution < 1.29 is 4.42 Å². The highest BCUT2D eigenvalue weighted by Gasteiger charge is 2.51. The number of anilines is 3. The van der Waals surface area contributed by atoms with Crippen LogP contribution < -0.4 is 4.90 Å². The third kappa shape index (κ3) is 6.66. The molecule has 0 atom stereocenters. The SMILES string of the molecule is c1ccc(-c2ccccc2-c2ccccc2-c2ccc(N(c3ccc(-c4ccc5oc6c(-c7ccccc7)cccc6c5c4)cc3)c3ccc4c(c3)C3(c5ccccc5-c5ccccc53)c3ccccc3-4)cc2)cc1. The maximum atomic E-state index is 6.59. The van der Waals surface area contributed by atoms with Gasteiger partial charge in [0.25, 0.3) is 0 Å². The van der Waals surface area contributed by atoms with Crippen LogP contribution in [0, 0.1) is 0 Å². The standard InChI is InChI=1S/C73H47NO/c1-3-18-49(19-4-1)56-22-7-9-24-59(56)60-25-10-8-23-57(60)51-36-41-54(42-37-51)74(53-39-34-48(35-40-53)52-38-45-71-66(46-52)65-30-17-29-58(72(65)75-71)50-20-5-2-6-21-50)55-43-44-64-63-28-13-16-33-69(63)73(70(64)47-55)67-31-14-11-26-61(67)62-27-12-15-32-68(62)73/h1-47H. The van der Waals surface area contributed by atoms with Crippen LogP contribution in [0.5, 0.6) is 0 Å². The molecule has 1 spiro atoms. The van der Waals surface area contributed by atoms with E-state index in [9.17, 15) is 0 Å². The van der Waals surface area contributed by atoms with Gasteiger partial charge in [0.1, 0.15) is 11.2 Å². The first-order valence-corrected chi connectivity index (χ1v) is 25.9. The van der Waals surface area contributed by atoms with Crippen molar-refractivity contribution in [2.45, 2.75) is 5.41 Å². The number of hydrogen-bond acceptors (Lipinski definition) is 2. The molecule has 0 bridgehead atoms. The van der Waals surface area contributed by atoms with Gasteiger partial charge in [0.2, 0.25) is 0 Å². The van der Waals surface area contributed by atoms with Crippen LogP contribution in [0.1, 0.15) is 22.3 Å². The van der Waals surface area contributed by atoms with Crippen LogP contribution in [0.25, 0.3) is 99.8 Å². The molecule has 13 aromatic rings. The highest BCUT2D eigenvalue weighted by Crippen LogP contribution is 2.63. The number of benzene rings is 12. The van der Waals surface area contributed by atoms with Crippen molar-refractivity contribution in [2.24, 2.45) is 0 Å². The van der Waals surface area contributed by atoms with Crippen molar-refractivity contribution in [3.8, 4) is 77.9 Å². The van der Waals surface area contributed by atoms with Gasteiger partial charge in [-0.2, -0.15) is 0 Å². The lowest BCUT2D eigenvalue weighted by Crippen LogP contribution is -2.26. The molecule has 75 heavy (non-hydrogen) atoms. The summed E-state index contributed by atoms with van der Waals surface area (Å²) in [5.74, 6) is 0. The molecule has 0 fully saturated rings. The maximum Gasteiger partial charge on any atom is 0.143 e. The Morgan fingerprint density at radius 3 is 1.21 bits per heavy atom. The van der Waals surface area contributed by atoms with Gasteiger partial charge in [-0.1, -0.05) is 237 Å². The molecular weight excluding hydrogens is 907 g/mol. The van der Waals surface area contributed by atoms with Gasteiger partial charge in [0.15, 0.2) is 0 Å². The number of hydrogen-bond donors (Lipinski definition) is 0. The molecule has 0 saturated heterocycles. The van der Waals surface area contributed by atoms with E-state index in [0.717, 1.165) is 66.8 Å². The Labute approximate surface area is 436 Å². The highest BCUT2D eigenvalue weighted by molar-refractivity contribution is 6.10. The Bertz CT molecular complexity index is 4270. The van der Waals surface area contributed by atoms with E-state index in [1.807, 2.05) is 0 Å². The number of rotatable bonds is 8. The van der Waals surface area contributed by atoms with Crippen LogP contribution in [-0.4, -0.2) is 0 Å². The monoisotopic (exact) mass is 953 g/mol. The molecule has 350 valence electrons. The van der Waals surface area contributed by atoms with E-state index in [2.05, 4.69) is 290 Å². The third-order valence-electron chi connectivity index (χ3n) is 15.9. The minimum absolute atomic E-state index is 0.466. The van der Waals surface area contributed by atoms with Gasteiger partial charge in [-0.05, 0) is 143 Å². The molecule has 0 N–H and O–H groups in total. The van der Waals surface area contributed by atoms with Gasteiger partial charge in [0.05, 0.1) is 5.41 Å². The molecule has 0 aliphatic heterocycles. The van der Waals surface area contributed by atoms with Crippen molar-refractivity contribution in [1.82, 2.24) is 0 Å². The maximum absolute atomic E-state index is 6.59. The summed E-state index contributed by atoms with van der Waals surface area (Å²) in [6, 6.07) is 104. The van der Waals surface area contributed by atoms with Crippen molar-refractivity contribution in [2.75, 3.05) is 4.90 Å². The first kappa shape index (κ1) is 42.9. The van der Waals surface area contributed by atoms with Crippen molar-refractivity contribution in [3.05, 3.63) is 307 Å². The lowest BCUT2D eigenvalue weighted by Gasteiger charge is -2.32. The van der Waals surface area contributed by atoms with Gasteiger partial charge in [-0.15, -0.1) is 0 Å². The van der Waals surface area contributed by atoms with Gasteiger partial charge < -0.3 is 9.32 Å². The summed E-state index contributed by atoms with van der Waals surface area (Å²) in [7, 11) is 0. The Balaban J connectivity index is 0.874. The predicted molar refractivity (Wildman–Crippen MR) is 312 cm³/mol. The van der Waals surface area contributed by atoms with Crippen molar-refractivity contribution in [3.63, 3.8) is 0 Å². The molecule has 2 heteroatoms. The van der Waals surface area contributed by atoms with Gasteiger partial charge in [-0.25, -0.2) is 0 Å². The van der Waals surface area contributed by atoms with Crippen LogP contribution in [0.3, 0.4) is 0 Å². The predicted octanol–water partition coefficient (Wildman–Crippen LogP) is 19.7. The number of nitrogens with zero attached hydrogens (tertiary/aromatic N) is 1. The first-order valence-electron chi connectivity index (χ1n) is 25.9. The smallest absolute Gasteiger partial charge is 0.143 e. The number of para-hydroxylation sites is 1. The quantitative estimate of drug-likeness (QED) is 0.151. The summed E-state index contributed by atoms with van der Waals surface area (Å²) in [5, 5.41) is 2.23. The minimum Gasteiger partial charge on any atom is -0.455 e. The van der Waals surface area contributed by atoms with Crippen LogP contribution in [0.2, 0.25) is 0 Å². The fourth-order valence-corrected chi connectivity index (χ4v) is 12.6. The topological polar surface area (TPSA) is 16.4 Å². The average molecular weight is 954 g/mol. The van der Waals surface area contributed by atoms with E-state index in [1.54, 1.807) is 0 Å². The second-order valence-corrected chi connectivity index (χ2v) is 19.9. The molecule has 2 aliphatic rings. The first-order chi connectivity index (χ1) is 37.2.